The lowest BCUT2D eigenvalue weighted by Crippen LogP contribution is -2.61. The SMILES string of the molecule is CCOc1cc(CN2CC3(CC(N4CCC(C)(C(=O)O)CC4)=NO3)C2)cc(C2CC2)c1-c1ccc(F)c(C#N)c1. The highest BCUT2D eigenvalue weighted by molar-refractivity contribution is 5.85. The van der Waals surface area contributed by atoms with E-state index in [0.717, 1.165) is 67.2 Å². The number of nitriles is 1. The van der Waals surface area contributed by atoms with Crippen molar-refractivity contribution in [2.45, 2.75) is 64.0 Å². The molecule has 1 saturated carbocycles. The van der Waals surface area contributed by atoms with Crippen LogP contribution in [0.5, 0.6) is 5.75 Å². The summed E-state index contributed by atoms with van der Waals surface area (Å²) >= 11 is 0. The molecule has 0 atom stereocenters. The molecule has 3 fully saturated rings. The highest BCUT2D eigenvalue weighted by Gasteiger charge is 2.51. The van der Waals surface area contributed by atoms with E-state index in [1.54, 1.807) is 12.1 Å². The van der Waals surface area contributed by atoms with Gasteiger partial charge in [0, 0.05) is 38.3 Å². The Hall–Kier alpha value is -3.64. The van der Waals surface area contributed by atoms with Gasteiger partial charge in [-0.25, -0.2) is 4.39 Å². The molecule has 6 rings (SSSR count). The Morgan fingerprint density at radius 3 is 2.65 bits per heavy atom. The van der Waals surface area contributed by atoms with E-state index in [-0.39, 0.29) is 11.2 Å². The average Bonchev–Trinajstić information content (AvgIpc) is 3.68. The third kappa shape index (κ3) is 4.90. The number of nitrogens with zero attached hydrogens (tertiary/aromatic N) is 4. The van der Waals surface area contributed by atoms with Crippen LogP contribution < -0.4 is 4.74 Å². The van der Waals surface area contributed by atoms with Crippen molar-refractivity contribution in [3.63, 3.8) is 0 Å². The van der Waals surface area contributed by atoms with Crippen LogP contribution in [0.4, 0.5) is 4.39 Å². The minimum atomic E-state index is -0.724. The summed E-state index contributed by atoms with van der Waals surface area (Å²) in [6, 6.07) is 11.0. The number of hydrogen-bond donors (Lipinski definition) is 1. The summed E-state index contributed by atoms with van der Waals surface area (Å²) < 4.78 is 20.2. The van der Waals surface area contributed by atoms with Gasteiger partial charge in [-0.2, -0.15) is 5.26 Å². The van der Waals surface area contributed by atoms with Gasteiger partial charge in [0.15, 0.2) is 5.60 Å². The van der Waals surface area contributed by atoms with E-state index in [9.17, 15) is 19.6 Å². The number of benzene rings is 2. The Bertz CT molecular complexity index is 1400. The van der Waals surface area contributed by atoms with Gasteiger partial charge in [0.2, 0.25) is 0 Å². The Morgan fingerprint density at radius 2 is 2.00 bits per heavy atom. The largest absolute Gasteiger partial charge is 0.493 e. The molecule has 2 aromatic carbocycles. The van der Waals surface area contributed by atoms with E-state index in [1.165, 1.54) is 11.6 Å². The number of carboxylic acid groups (broad SMARTS) is 1. The number of hydrogen-bond acceptors (Lipinski definition) is 7. The molecule has 3 heterocycles. The summed E-state index contributed by atoms with van der Waals surface area (Å²) in [5.74, 6) is 0.906. The Morgan fingerprint density at radius 1 is 1.25 bits per heavy atom. The smallest absolute Gasteiger partial charge is 0.309 e. The van der Waals surface area contributed by atoms with Gasteiger partial charge < -0.3 is 19.6 Å². The summed E-state index contributed by atoms with van der Waals surface area (Å²) in [4.78, 5) is 22.1. The fourth-order valence-corrected chi connectivity index (χ4v) is 6.30. The predicted octanol–water partition coefficient (Wildman–Crippen LogP) is 5.12. The van der Waals surface area contributed by atoms with E-state index < -0.39 is 17.2 Å². The van der Waals surface area contributed by atoms with Crippen molar-refractivity contribution in [3.05, 3.63) is 52.8 Å². The van der Waals surface area contributed by atoms with Gasteiger partial charge in [-0.1, -0.05) is 17.3 Å². The number of piperidine rings is 1. The summed E-state index contributed by atoms with van der Waals surface area (Å²) in [6.45, 7) is 7.97. The summed E-state index contributed by atoms with van der Waals surface area (Å²) in [7, 11) is 0. The normalized spacial score (nSPS) is 21.4. The second kappa shape index (κ2) is 10.1. The first-order valence-electron chi connectivity index (χ1n) is 14.2. The molecule has 0 aromatic heterocycles. The molecule has 1 spiro atoms. The standard InChI is InChI=1S/C31H35FN4O4/c1-3-39-26-13-20(12-24(21-4-5-21)28(26)22-6-7-25(32)23(14-22)16-33)17-35-18-31(19-35)15-27(34-40-31)36-10-8-30(2,9-11-36)29(37)38/h6-7,12-14,21H,3-5,8-11,15,17-19H2,1-2H3,(H,37,38). The Kier molecular flexibility index (Phi) is 6.70. The third-order valence-electron chi connectivity index (χ3n) is 8.89. The van der Waals surface area contributed by atoms with Crippen molar-refractivity contribution < 1.29 is 23.9 Å². The zero-order chi connectivity index (χ0) is 28.1. The summed E-state index contributed by atoms with van der Waals surface area (Å²) in [6.07, 6.45) is 4.18. The molecule has 2 saturated heterocycles. The van der Waals surface area contributed by atoms with Crippen LogP contribution in [0, 0.1) is 22.6 Å². The van der Waals surface area contributed by atoms with Gasteiger partial charge in [0.25, 0.3) is 0 Å². The highest BCUT2D eigenvalue weighted by Crippen LogP contribution is 2.49. The predicted molar refractivity (Wildman–Crippen MR) is 147 cm³/mol. The highest BCUT2D eigenvalue weighted by atomic mass is 19.1. The lowest BCUT2D eigenvalue weighted by molar-refractivity contribution is -0.150. The van der Waals surface area contributed by atoms with E-state index in [0.29, 0.717) is 38.5 Å². The second-order valence-corrected chi connectivity index (χ2v) is 12.0. The van der Waals surface area contributed by atoms with Crippen LogP contribution >= 0.6 is 0 Å². The minimum absolute atomic E-state index is 0.0373. The van der Waals surface area contributed by atoms with Crippen LogP contribution in [0.3, 0.4) is 0 Å². The van der Waals surface area contributed by atoms with Crippen LogP contribution in [-0.2, 0) is 16.2 Å². The topological polar surface area (TPSA) is 98.4 Å². The first-order chi connectivity index (χ1) is 19.2. The Balaban J connectivity index is 1.14. The van der Waals surface area contributed by atoms with Gasteiger partial charge >= 0.3 is 5.97 Å². The molecule has 4 aliphatic rings. The molecule has 0 amide bonds. The second-order valence-electron chi connectivity index (χ2n) is 12.0. The molecule has 2 aromatic rings. The third-order valence-corrected chi connectivity index (χ3v) is 8.89. The van der Waals surface area contributed by atoms with Gasteiger partial charge in [0.05, 0.1) is 24.0 Å². The first kappa shape index (κ1) is 26.6. The maximum absolute atomic E-state index is 14.1. The quantitative estimate of drug-likeness (QED) is 0.515. The van der Waals surface area contributed by atoms with Crippen LogP contribution in [-0.4, -0.2) is 65.1 Å². The minimum Gasteiger partial charge on any atom is -0.493 e. The van der Waals surface area contributed by atoms with Crippen molar-refractivity contribution in [1.82, 2.24) is 9.80 Å². The molecular formula is C31H35FN4O4. The molecular weight excluding hydrogens is 511 g/mol. The zero-order valence-corrected chi connectivity index (χ0v) is 23.1. The summed E-state index contributed by atoms with van der Waals surface area (Å²) in [5, 5.41) is 23.3. The lowest BCUT2D eigenvalue weighted by atomic mass is 9.80. The number of rotatable bonds is 7. The van der Waals surface area contributed by atoms with E-state index in [1.807, 2.05) is 19.9 Å². The fraction of sp³-hybridized carbons (Fsp3) is 0.516. The van der Waals surface area contributed by atoms with Gasteiger partial charge in [-0.3, -0.25) is 9.69 Å². The van der Waals surface area contributed by atoms with Crippen LogP contribution in [0.2, 0.25) is 0 Å². The average molecular weight is 547 g/mol. The van der Waals surface area contributed by atoms with E-state index >= 15 is 0 Å². The number of amidine groups is 1. The molecule has 40 heavy (non-hydrogen) atoms. The van der Waals surface area contributed by atoms with Crippen LogP contribution in [0.15, 0.2) is 35.5 Å². The van der Waals surface area contributed by atoms with Crippen molar-refractivity contribution in [3.8, 4) is 22.9 Å². The van der Waals surface area contributed by atoms with Gasteiger partial charge in [-0.15, -0.1) is 0 Å². The number of halogens is 1. The number of likely N-dealkylation sites (tertiary alicyclic amines) is 2. The number of ether oxygens (including phenoxy) is 1. The van der Waals surface area contributed by atoms with Crippen LogP contribution in [0.1, 0.15) is 68.6 Å². The van der Waals surface area contributed by atoms with Crippen LogP contribution in [0.25, 0.3) is 11.1 Å². The fourth-order valence-electron chi connectivity index (χ4n) is 6.30. The Labute approximate surface area is 234 Å². The first-order valence-corrected chi connectivity index (χ1v) is 14.2. The molecule has 8 nitrogen and oxygen atoms in total. The maximum Gasteiger partial charge on any atom is 0.309 e. The molecule has 3 aliphatic heterocycles. The van der Waals surface area contributed by atoms with E-state index in [4.69, 9.17) is 9.57 Å². The maximum atomic E-state index is 14.1. The molecule has 0 radical (unpaired) electrons. The summed E-state index contributed by atoms with van der Waals surface area (Å²) in [5.41, 5.74) is 3.20. The van der Waals surface area contributed by atoms with Crippen molar-refractivity contribution >= 4 is 11.8 Å². The van der Waals surface area contributed by atoms with Gasteiger partial charge in [-0.05, 0) is 80.3 Å². The molecule has 1 aliphatic carbocycles. The molecule has 1 N–H and O–H groups in total. The zero-order valence-electron chi connectivity index (χ0n) is 23.1. The van der Waals surface area contributed by atoms with E-state index in [2.05, 4.69) is 27.1 Å². The molecule has 0 bridgehead atoms. The number of carbonyl (C=O) groups is 1. The number of oxime groups is 1. The van der Waals surface area contributed by atoms with Crippen molar-refractivity contribution in [2.75, 3.05) is 32.8 Å². The lowest BCUT2D eigenvalue weighted by Gasteiger charge is -2.45. The monoisotopic (exact) mass is 546 g/mol. The molecule has 0 unspecified atom stereocenters. The van der Waals surface area contributed by atoms with Crippen molar-refractivity contribution in [2.24, 2.45) is 10.6 Å². The molecule has 210 valence electrons. The van der Waals surface area contributed by atoms with Gasteiger partial charge in [0.1, 0.15) is 23.5 Å². The number of aliphatic carboxylic acids is 1. The molecule has 9 heteroatoms. The number of carboxylic acids is 1. The van der Waals surface area contributed by atoms with Crippen molar-refractivity contribution in [1.29, 1.82) is 5.26 Å².